The van der Waals surface area contributed by atoms with Crippen molar-refractivity contribution in [1.29, 1.82) is 0 Å². The SMILES string of the molecule is Clc1ccc2oc(C3(Cc4ncn[nH]4)OCCO3)cc2c1. The largest absolute Gasteiger partial charge is 0.455 e. The van der Waals surface area contributed by atoms with Crippen molar-refractivity contribution in [3.63, 3.8) is 0 Å². The topological polar surface area (TPSA) is 73.2 Å². The summed E-state index contributed by atoms with van der Waals surface area (Å²) in [5, 5.41) is 8.24. The number of rotatable bonds is 3. The zero-order valence-electron chi connectivity index (χ0n) is 11.0. The number of benzene rings is 1. The Morgan fingerprint density at radius 2 is 2.10 bits per heavy atom. The van der Waals surface area contributed by atoms with Gasteiger partial charge in [0.25, 0.3) is 0 Å². The molecule has 0 saturated carbocycles. The highest BCUT2D eigenvalue weighted by molar-refractivity contribution is 6.31. The van der Waals surface area contributed by atoms with E-state index in [1.807, 2.05) is 18.2 Å². The van der Waals surface area contributed by atoms with E-state index >= 15 is 0 Å². The Kier molecular flexibility index (Phi) is 2.95. The Morgan fingerprint density at radius 3 is 2.86 bits per heavy atom. The van der Waals surface area contributed by atoms with Crippen molar-refractivity contribution >= 4 is 22.6 Å². The highest BCUT2D eigenvalue weighted by atomic mass is 35.5. The van der Waals surface area contributed by atoms with Gasteiger partial charge < -0.3 is 13.9 Å². The van der Waals surface area contributed by atoms with Crippen molar-refractivity contribution in [2.45, 2.75) is 12.2 Å². The lowest BCUT2D eigenvalue weighted by Crippen LogP contribution is -2.30. The molecule has 0 unspecified atom stereocenters. The summed E-state index contributed by atoms with van der Waals surface area (Å²) >= 11 is 6.01. The number of furan rings is 1. The summed E-state index contributed by atoms with van der Waals surface area (Å²) in [5.74, 6) is 0.314. The minimum atomic E-state index is -0.967. The summed E-state index contributed by atoms with van der Waals surface area (Å²) in [6.07, 6.45) is 1.86. The molecular formula is C14H12ClN3O3. The van der Waals surface area contributed by atoms with E-state index in [0.717, 1.165) is 11.0 Å². The van der Waals surface area contributed by atoms with Crippen LogP contribution < -0.4 is 0 Å². The molecule has 0 radical (unpaired) electrons. The third-order valence-electron chi connectivity index (χ3n) is 3.47. The molecule has 108 valence electrons. The Hall–Kier alpha value is -1.89. The van der Waals surface area contributed by atoms with Gasteiger partial charge in [-0.05, 0) is 24.3 Å². The van der Waals surface area contributed by atoms with Gasteiger partial charge in [-0.3, -0.25) is 5.10 Å². The number of fused-ring (bicyclic) bond motifs is 1. The highest BCUT2D eigenvalue weighted by Gasteiger charge is 2.43. The van der Waals surface area contributed by atoms with Gasteiger partial charge in [-0.2, -0.15) is 5.10 Å². The first kappa shape index (κ1) is 12.8. The molecule has 1 aromatic carbocycles. The van der Waals surface area contributed by atoms with Crippen LogP contribution in [0.3, 0.4) is 0 Å². The zero-order chi connectivity index (χ0) is 14.3. The summed E-state index contributed by atoms with van der Waals surface area (Å²) in [7, 11) is 0. The molecule has 6 nitrogen and oxygen atoms in total. The van der Waals surface area contributed by atoms with E-state index in [1.54, 1.807) is 6.07 Å². The van der Waals surface area contributed by atoms with Crippen molar-refractivity contribution in [3.05, 3.63) is 47.2 Å². The van der Waals surface area contributed by atoms with E-state index in [1.165, 1.54) is 6.33 Å². The first-order valence-corrected chi connectivity index (χ1v) is 6.95. The average molecular weight is 306 g/mol. The second-order valence-electron chi connectivity index (χ2n) is 4.85. The lowest BCUT2D eigenvalue weighted by atomic mass is 10.1. The predicted molar refractivity (Wildman–Crippen MR) is 74.9 cm³/mol. The molecular weight excluding hydrogens is 294 g/mol. The standard InChI is InChI=1S/C14H12ClN3O3/c15-10-1-2-11-9(5-10)6-12(21-11)14(19-3-4-20-14)7-13-16-8-17-18-13/h1-2,5-6,8H,3-4,7H2,(H,16,17,18). The van der Waals surface area contributed by atoms with Crippen molar-refractivity contribution in [1.82, 2.24) is 15.2 Å². The van der Waals surface area contributed by atoms with E-state index < -0.39 is 5.79 Å². The van der Waals surface area contributed by atoms with Crippen LogP contribution in [0.5, 0.6) is 0 Å². The molecule has 0 amide bonds. The molecule has 3 heterocycles. The van der Waals surface area contributed by atoms with Crippen LogP contribution in [0.4, 0.5) is 0 Å². The third-order valence-corrected chi connectivity index (χ3v) is 3.71. The summed E-state index contributed by atoms with van der Waals surface area (Å²) in [4.78, 5) is 4.13. The van der Waals surface area contributed by atoms with Crippen LogP contribution >= 0.6 is 11.6 Å². The fourth-order valence-electron chi connectivity index (χ4n) is 2.52. The number of H-pyrrole nitrogens is 1. The second-order valence-corrected chi connectivity index (χ2v) is 5.29. The smallest absolute Gasteiger partial charge is 0.235 e. The molecule has 1 saturated heterocycles. The quantitative estimate of drug-likeness (QED) is 0.805. The molecule has 1 N–H and O–H groups in total. The Morgan fingerprint density at radius 1 is 1.24 bits per heavy atom. The predicted octanol–water partition coefficient (Wildman–Crippen LogP) is 2.65. The van der Waals surface area contributed by atoms with E-state index in [0.29, 0.717) is 36.2 Å². The number of aromatic nitrogens is 3. The Labute approximate surface area is 125 Å². The first-order valence-electron chi connectivity index (χ1n) is 6.57. The number of halogens is 1. The number of nitrogens with one attached hydrogen (secondary N) is 1. The molecule has 4 rings (SSSR count). The fourth-order valence-corrected chi connectivity index (χ4v) is 2.71. The van der Waals surface area contributed by atoms with Gasteiger partial charge in [-0.25, -0.2) is 4.98 Å². The number of ether oxygens (including phenoxy) is 2. The summed E-state index contributed by atoms with van der Waals surface area (Å²) in [6.45, 7) is 1.01. The Bertz CT molecular complexity index is 763. The summed E-state index contributed by atoms with van der Waals surface area (Å²) < 4.78 is 17.5. The van der Waals surface area contributed by atoms with E-state index in [4.69, 9.17) is 25.5 Å². The van der Waals surface area contributed by atoms with Gasteiger partial charge in [-0.1, -0.05) is 11.6 Å². The number of hydrogen-bond donors (Lipinski definition) is 1. The molecule has 21 heavy (non-hydrogen) atoms. The van der Waals surface area contributed by atoms with Crippen molar-refractivity contribution in [3.8, 4) is 0 Å². The molecule has 0 spiro atoms. The normalized spacial score (nSPS) is 17.6. The Balaban J connectivity index is 1.78. The lowest BCUT2D eigenvalue weighted by molar-refractivity contribution is -0.177. The van der Waals surface area contributed by atoms with Gasteiger partial charge in [0.1, 0.15) is 17.7 Å². The maximum Gasteiger partial charge on any atom is 0.235 e. The van der Waals surface area contributed by atoms with Gasteiger partial charge in [0.05, 0.1) is 19.6 Å². The molecule has 0 aliphatic carbocycles. The number of hydrogen-bond acceptors (Lipinski definition) is 5. The second kappa shape index (κ2) is 4.84. The van der Waals surface area contributed by atoms with Gasteiger partial charge in [0.15, 0.2) is 5.76 Å². The summed E-state index contributed by atoms with van der Waals surface area (Å²) in [6, 6.07) is 7.36. The van der Waals surface area contributed by atoms with Gasteiger partial charge in [0.2, 0.25) is 5.79 Å². The van der Waals surface area contributed by atoms with Gasteiger partial charge in [0, 0.05) is 10.4 Å². The van der Waals surface area contributed by atoms with Crippen LogP contribution in [0.25, 0.3) is 11.0 Å². The van der Waals surface area contributed by atoms with Crippen LogP contribution in [-0.4, -0.2) is 28.4 Å². The fraction of sp³-hybridized carbons (Fsp3) is 0.286. The first-order chi connectivity index (χ1) is 10.3. The van der Waals surface area contributed by atoms with Crippen LogP contribution in [0, 0.1) is 0 Å². The van der Waals surface area contributed by atoms with E-state index in [9.17, 15) is 0 Å². The highest BCUT2D eigenvalue weighted by Crippen LogP contribution is 2.37. The lowest BCUT2D eigenvalue weighted by Gasteiger charge is -2.23. The zero-order valence-corrected chi connectivity index (χ0v) is 11.8. The number of aromatic amines is 1. The van der Waals surface area contributed by atoms with Crippen molar-refractivity contribution in [2.24, 2.45) is 0 Å². The molecule has 0 atom stereocenters. The van der Waals surface area contributed by atoms with Crippen molar-refractivity contribution in [2.75, 3.05) is 13.2 Å². The average Bonchev–Trinajstić information content (AvgIpc) is 3.18. The van der Waals surface area contributed by atoms with Crippen LogP contribution in [0.1, 0.15) is 11.6 Å². The van der Waals surface area contributed by atoms with Crippen LogP contribution in [0.2, 0.25) is 5.02 Å². The van der Waals surface area contributed by atoms with Crippen LogP contribution in [-0.2, 0) is 21.7 Å². The van der Waals surface area contributed by atoms with E-state index in [2.05, 4.69) is 15.2 Å². The number of nitrogens with zero attached hydrogens (tertiary/aromatic N) is 2. The van der Waals surface area contributed by atoms with Gasteiger partial charge >= 0.3 is 0 Å². The van der Waals surface area contributed by atoms with Crippen molar-refractivity contribution < 1.29 is 13.9 Å². The van der Waals surface area contributed by atoms with E-state index in [-0.39, 0.29) is 0 Å². The third kappa shape index (κ3) is 2.21. The molecule has 1 aliphatic rings. The van der Waals surface area contributed by atoms with Crippen LogP contribution in [0.15, 0.2) is 35.0 Å². The van der Waals surface area contributed by atoms with Gasteiger partial charge in [-0.15, -0.1) is 0 Å². The molecule has 1 fully saturated rings. The molecule has 1 aliphatic heterocycles. The molecule has 3 aromatic rings. The molecule has 0 bridgehead atoms. The minimum Gasteiger partial charge on any atom is -0.455 e. The monoisotopic (exact) mass is 305 g/mol. The maximum atomic E-state index is 6.01. The summed E-state index contributed by atoms with van der Waals surface area (Å²) in [5.41, 5.74) is 0.741. The minimum absolute atomic E-state index is 0.403. The molecule has 2 aromatic heterocycles. The maximum absolute atomic E-state index is 6.01. The molecule has 7 heteroatoms.